The second-order valence-corrected chi connectivity index (χ2v) is 4.89. The van der Waals surface area contributed by atoms with Crippen LogP contribution in [0.1, 0.15) is 31.2 Å². The minimum atomic E-state index is -4.35. The molecule has 3 nitrogen and oxygen atoms in total. The second-order valence-electron chi connectivity index (χ2n) is 4.89. The van der Waals surface area contributed by atoms with Crippen LogP contribution in [0.25, 0.3) is 0 Å². The summed E-state index contributed by atoms with van der Waals surface area (Å²) in [5, 5.41) is 5.61. The highest BCUT2D eigenvalue weighted by Crippen LogP contribution is 2.34. The molecule has 0 spiro atoms. The number of anilines is 2. The average Bonchev–Trinajstić information content (AvgIpc) is 3.17. The zero-order valence-electron chi connectivity index (χ0n) is 10.8. The molecule has 0 amide bonds. The van der Waals surface area contributed by atoms with Crippen molar-refractivity contribution in [2.75, 3.05) is 24.2 Å². The van der Waals surface area contributed by atoms with E-state index in [1.54, 1.807) is 7.05 Å². The van der Waals surface area contributed by atoms with Crippen molar-refractivity contribution in [3.63, 3.8) is 0 Å². The van der Waals surface area contributed by atoms with E-state index < -0.39 is 11.7 Å². The lowest BCUT2D eigenvalue weighted by atomic mass is 10.2. The van der Waals surface area contributed by atoms with Crippen molar-refractivity contribution in [3.05, 3.63) is 17.7 Å². The fraction of sp³-hybridized carbons (Fsp3) is 0.615. The Bertz CT molecular complexity index is 428. The third kappa shape index (κ3) is 4.29. The molecule has 0 bridgehead atoms. The maximum Gasteiger partial charge on any atom is 0.416 e. The van der Waals surface area contributed by atoms with Gasteiger partial charge in [-0.25, -0.2) is 4.98 Å². The molecule has 2 N–H and O–H groups in total. The van der Waals surface area contributed by atoms with Crippen LogP contribution in [-0.2, 0) is 6.18 Å². The molecule has 1 saturated carbocycles. The quantitative estimate of drug-likeness (QED) is 0.775. The molecule has 106 valence electrons. The van der Waals surface area contributed by atoms with Crippen LogP contribution < -0.4 is 10.6 Å². The summed E-state index contributed by atoms with van der Waals surface area (Å²) in [7, 11) is 1.55. The van der Waals surface area contributed by atoms with Gasteiger partial charge in [0.1, 0.15) is 11.6 Å². The van der Waals surface area contributed by atoms with Gasteiger partial charge in [-0.05, 0) is 30.9 Å². The van der Waals surface area contributed by atoms with Gasteiger partial charge < -0.3 is 10.6 Å². The maximum atomic E-state index is 12.7. The number of nitrogens with one attached hydrogen (secondary N) is 2. The summed E-state index contributed by atoms with van der Waals surface area (Å²) in [6.45, 7) is 0.661. The highest BCUT2D eigenvalue weighted by Gasteiger charge is 2.31. The topological polar surface area (TPSA) is 37.0 Å². The number of rotatable bonds is 6. The van der Waals surface area contributed by atoms with Gasteiger partial charge in [0.15, 0.2) is 0 Å². The summed E-state index contributed by atoms with van der Waals surface area (Å²) in [6, 6.07) is 2.06. The summed E-state index contributed by atoms with van der Waals surface area (Å²) in [5.41, 5.74) is -0.684. The predicted octanol–water partition coefficient (Wildman–Crippen LogP) is 3.74. The van der Waals surface area contributed by atoms with E-state index in [0.717, 1.165) is 30.9 Å². The number of aromatic nitrogens is 1. The van der Waals surface area contributed by atoms with E-state index in [4.69, 9.17) is 0 Å². The molecule has 0 atom stereocenters. The molecule has 1 aromatic rings. The smallest absolute Gasteiger partial charge is 0.373 e. The number of hydrogen-bond acceptors (Lipinski definition) is 3. The minimum Gasteiger partial charge on any atom is -0.373 e. The molecule has 0 unspecified atom stereocenters. The molecule has 0 saturated heterocycles. The monoisotopic (exact) mass is 273 g/mol. The highest BCUT2D eigenvalue weighted by atomic mass is 19.4. The van der Waals surface area contributed by atoms with Crippen LogP contribution in [0.4, 0.5) is 24.8 Å². The molecule has 2 rings (SSSR count). The van der Waals surface area contributed by atoms with Crippen molar-refractivity contribution in [1.82, 2.24) is 4.98 Å². The van der Waals surface area contributed by atoms with E-state index in [-0.39, 0.29) is 11.6 Å². The molecular formula is C13H18F3N3. The Hall–Kier alpha value is -1.46. The molecule has 0 aliphatic heterocycles. The van der Waals surface area contributed by atoms with E-state index >= 15 is 0 Å². The zero-order valence-corrected chi connectivity index (χ0v) is 10.8. The van der Waals surface area contributed by atoms with Crippen molar-refractivity contribution in [1.29, 1.82) is 0 Å². The Labute approximate surface area is 110 Å². The van der Waals surface area contributed by atoms with Gasteiger partial charge in [0.25, 0.3) is 0 Å². The first-order chi connectivity index (χ1) is 8.99. The van der Waals surface area contributed by atoms with Crippen LogP contribution in [0.15, 0.2) is 12.1 Å². The molecule has 1 aliphatic carbocycles. The van der Waals surface area contributed by atoms with Gasteiger partial charge in [-0.2, -0.15) is 13.2 Å². The molecule has 1 heterocycles. The van der Waals surface area contributed by atoms with Gasteiger partial charge in [-0.3, -0.25) is 0 Å². The van der Waals surface area contributed by atoms with E-state index in [1.165, 1.54) is 12.8 Å². The van der Waals surface area contributed by atoms with Crippen LogP contribution in [0.5, 0.6) is 0 Å². The molecule has 1 fully saturated rings. The Balaban J connectivity index is 1.97. The molecule has 19 heavy (non-hydrogen) atoms. The third-order valence-corrected chi connectivity index (χ3v) is 3.20. The van der Waals surface area contributed by atoms with Crippen LogP contribution >= 0.6 is 0 Å². The molecule has 6 heteroatoms. The summed E-state index contributed by atoms with van der Waals surface area (Å²) >= 11 is 0. The van der Waals surface area contributed by atoms with Crippen LogP contribution in [0, 0.1) is 5.92 Å². The third-order valence-electron chi connectivity index (χ3n) is 3.20. The summed E-state index contributed by atoms with van der Waals surface area (Å²) in [5.74, 6) is 1.33. The van der Waals surface area contributed by atoms with Crippen LogP contribution in [0.3, 0.4) is 0 Å². The Morgan fingerprint density at radius 1 is 1.26 bits per heavy atom. The number of hydrogen-bond donors (Lipinski definition) is 2. The molecule has 0 radical (unpaired) electrons. The van der Waals surface area contributed by atoms with E-state index in [9.17, 15) is 13.2 Å². The fourth-order valence-electron chi connectivity index (χ4n) is 1.93. The molecular weight excluding hydrogens is 255 g/mol. The van der Waals surface area contributed by atoms with Gasteiger partial charge in [0.2, 0.25) is 0 Å². The van der Waals surface area contributed by atoms with E-state index in [2.05, 4.69) is 15.6 Å². The summed E-state index contributed by atoms with van der Waals surface area (Å²) in [4.78, 5) is 4.08. The SMILES string of the molecule is CNc1cc(C(F)(F)F)cc(NCCCC2CC2)n1. The molecule has 1 aliphatic rings. The van der Waals surface area contributed by atoms with E-state index in [1.807, 2.05) is 0 Å². The van der Waals surface area contributed by atoms with E-state index in [0.29, 0.717) is 6.54 Å². The van der Waals surface area contributed by atoms with Crippen LogP contribution in [0.2, 0.25) is 0 Å². The largest absolute Gasteiger partial charge is 0.416 e. The first-order valence-corrected chi connectivity index (χ1v) is 6.50. The summed E-state index contributed by atoms with van der Waals surface area (Å²) < 4.78 is 38.1. The number of halogens is 3. The number of nitrogens with zero attached hydrogens (tertiary/aromatic N) is 1. The normalized spacial score (nSPS) is 15.4. The molecule has 0 aromatic carbocycles. The van der Waals surface area contributed by atoms with Crippen LogP contribution in [-0.4, -0.2) is 18.6 Å². The molecule has 1 aromatic heterocycles. The number of pyridine rings is 1. The van der Waals surface area contributed by atoms with Gasteiger partial charge in [-0.1, -0.05) is 12.8 Å². The van der Waals surface area contributed by atoms with Crippen molar-refractivity contribution in [2.45, 2.75) is 31.9 Å². The van der Waals surface area contributed by atoms with Crippen molar-refractivity contribution in [3.8, 4) is 0 Å². The lowest BCUT2D eigenvalue weighted by Gasteiger charge is -2.12. The lowest BCUT2D eigenvalue weighted by Crippen LogP contribution is -2.10. The highest BCUT2D eigenvalue weighted by molar-refractivity contribution is 5.49. The van der Waals surface area contributed by atoms with Crippen molar-refractivity contribution < 1.29 is 13.2 Å². The standard InChI is InChI=1S/C13H18F3N3/c1-17-11-7-10(13(14,15)16)8-12(19-11)18-6-2-3-9-4-5-9/h7-9H,2-6H2,1H3,(H2,17,18,19). The maximum absolute atomic E-state index is 12.7. The van der Waals surface area contributed by atoms with Crippen molar-refractivity contribution >= 4 is 11.6 Å². The van der Waals surface area contributed by atoms with Crippen molar-refractivity contribution in [2.24, 2.45) is 5.92 Å². The fourth-order valence-corrected chi connectivity index (χ4v) is 1.93. The zero-order chi connectivity index (χ0) is 13.9. The lowest BCUT2D eigenvalue weighted by molar-refractivity contribution is -0.137. The van der Waals surface area contributed by atoms with Gasteiger partial charge >= 0.3 is 6.18 Å². The Morgan fingerprint density at radius 3 is 2.53 bits per heavy atom. The number of alkyl halides is 3. The predicted molar refractivity (Wildman–Crippen MR) is 69.2 cm³/mol. The van der Waals surface area contributed by atoms with Gasteiger partial charge in [0, 0.05) is 13.6 Å². The minimum absolute atomic E-state index is 0.222. The second kappa shape index (κ2) is 5.67. The first-order valence-electron chi connectivity index (χ1n) is 6.50. The first kappa shape index (κ1) is 14.0. The van der Waals surface area contributed by atoms with Gasteiger partial charge in [0.05, 0.1) is 5.56 Å². The summed E-state index contributed by atoms with van der Waals surface area (Å²) in [6.07, 6.45) is 0.360. The average molecular weight is 273 g/mol. The van der Waals surface area contributed by atoms with Gasteiger partial charge in [-0.15, -0.1) is 0 Å². The Kier molecular flexibility index (Phi) is 4.17. The Morgan fingerprint density at radius 2 is 1.95 bits per heavy atom.